The van der Waals surface area contributed by atoms with Crippen molar-refractivity contribution >= 4 is 23.6 Å². The second-order valence-electron chi connectivity index (χ2n) is 7.69. The van der Waals surface area contributed by atoms with Crippen molar-refractivity contribution in [2.24, 2.45) is 11.8 Å². The molecule has 2 unspecified atom stereocenters. The van der Waals surface area contributed by atoms with Crippen molar-refractivity contribution in [1.29, 1.82) is 0 Å². The number of carbonyl (C=O) groups excluding carboxylic acids is 4. The fourth-order valence-electron chi connectivity index (χ4n) is 3.22. The zero-order chi connectivity index (χ0) is 23.5. The highest BCUT2D eigenvalue weighted by atomic mass is 16.6. The number of Topliss-reactive ketones (excluding diaryl/α,β-unsaturated/α-hetero) is 2. The Labute approximate surface area is 185 Å². The number of fused-ring (bicyclic) bond motifs is 1. The third-order valence-corrected chi connectivity index (χ3v) is 4.93. The number of hydrogen-bond donors (Lipinski definition) is 2. The number of ether oxygens (including phenoxy) is 3. The topological polar surface area (TPSA) is 159 Å². The maximum absolute atomic E-state index is 13.0. The molecule has 0 saturated carbocycles. The fourth-order valence-corrected chi connectivity index (χ4v) is 3.22. The van der Waals surface area contributed by atoms with Crippen LogP contribution in [0.1, 0.15) is 31.7 Å². The Bertz CT molecular complexity index is 794. The summed E-state index contributed by atoms with van der Waals surface area (Å²) in [5, 5.41) is 12.4. The van der Waals surface area contributed by atoms with Crippen molar-refractivity contribution in [3.05, 3.63) is 11.5 Å². The summed E-state index contributed by atoms with van der Waals surface area (Å²) in [6.07, 6.45) is -0.625. The molecule has 2 amide bonds. The van der Waals surface area contributed by atoms with E-state index < -0.39 is 35.5 Å². The molecule has 2 heterocycles. The molecule has 0 radical (unpaired) electrons. The Hall–Kier alpha value is -2.86. The number of alkyl carbamates (subject to hydrolysis) is 1. The Morgan fingerprint density at radius 3 is 2.69 bits per heavy atom. The van der Waals surface area contributed by atoms with Crippen LogP contribution in [0.15, 0.2) is 4.52 Å². The first kappa shape index (κ1) is 25.4. The molecular weight excluding hydrogens is 424 g/mol. The SMILES string of the molecule is COCCOCCOC(=O)NC(C(=O)CC1Cc2nnoc2CCNC(=O)C1=O)C(C)C. The second kappa shape index (κ2) is 12.9. The van der Waals surface area contributed by atoms with Crippen molar-refractivity contribution in [1.82, 2.24) is 21.0 Å². The van der Waals surface area contributed by atoms with Gasteiger partial charge >= 0.3 is 6.09 Å². The van der Waals surface area contributed by atoms with Crippen molar-refractivity contribution in [2.45, 2.75) is 39.2 Å². The van der Waals surface area contributed by atoms with E-state index >= 15 is 0 Å². The lowest BCUT2D eigenvalue weighted by molar-refractivity contribution is -0.141. The molecule has 1 aliphatic rings. The number of carbonyl (C=O) groups is 4. The molecule has 32 heavy (non-hydrogen) atoms. The standard InChI is InChI=1S/C20H30N4O8/c1-12(2)17(22-20(28)31-9-8-30-7-6-29-3)15(25)11-13-10-14-16(32-24-23-14)4-5-21-19(27)18(13)26/h12-13,17H,4-11H2,1-3H3,(H,21,27)(H,22,28). The van der Waals surface area contributed by atoms with E-state index in [4.69, 9.17) is 18.7 Å². The van der Waals surface area contributed by atoms with E-state index in [1.54, 1.807) is 21.0 Å². The molecule has 0 aliphatic carbocycles. The Balaban J connectivity index is 1.97. The molecule has 178 valence electrons. The van der Waals surface area contributed by atoms with Crippen LogP contribution in [0.2, 0.25) is 0 Å². The van der Waals surface area contributed by atoms with Crippen LogP contribution in [0.5, 0.6) is 0 Å². The number of aromatic nitrogens is 2. The molecule has 1 aromatic rings. The van der Waals surface area contributed by atoms with Crippen molar-refractivity contribution < 1.29 is 37.9 Å². The average molecular weight is 454 g/mol. The molecule has 0 spiro atoms. The Morgan fingerprint density at radius 1 is 1.22 bits per heavy atom. The lowest BCUT2D eigenvalue weighted by atomic mass is 9.87. The maximum atomic E-state index is 13.0. The van der Waals surface area contributed by atoms with Gasteiger partial charge < -0.3 is 29.4 Å². The van der Waals surface area contributed by atoms with Gasteiger partial charge in [-0.05, 0) is 5.92 Å². The predicted molar refractivity (Wildman–Crippen MR) is 109 cm³/mol. The van der Waals surface area contributed by atoms with E-state index in [1.807, 2.05) is 0 Å². The van der Waals surface area contributed by atoms with Gasteiger partial charge in [-0.3, -0.25) is 14.4 Å². The first-order chi connectivity index (χ1) is 15.3. The van der Waals surface area contributed by atoms with Gasteiger partial charge in [-0.15, -0.1) is 5.10 Å². The average Bonchev–Trinajstić information content (AvgIpc) is 3.20. The highest BCUT2D eigenvalue weighted by Gasteiger charge is 2.34. The molecule has 12 heteroatoms. The van der Waals surface area contributed by atoms with Gasteiger partial charge in [-0.25, -0.2) is 4.79 Å². The second-order valence-corrected chi connectivity index (χ2v) is 7.69. The van der Waals surface area contributed by atoms with E-state index in [2.05, 4.69) is 21.0 Å². The van der Waals surface area contributed by atoms with Gasteiger partial charge in [-0.1, -0.05) is 13.8 Å². The lowest BCUT2D eigenvalue weighted by Gasteiger charge is -2.23. The van der Waals surface area contributed by atoms with Crippen LogP contribution in [0.4, 0.5) is 4.79 Å². The number of amides is 2. The normalized spacial score (nSPS) is 17.6. The van der Waals surface area contributed by atoms with E-state index in [-0.39, 0.29) is 38.5 Å². The molecule has 2 N–H and O–H groups in total. The number of ketones is 2. The quantitative estimate of drug-likeness (QED) is 0.340. The molecule has 0 saturated heterocycles. The third kappa shape index (κ3) is 7.68. The molecule has 0 bridgehead atoms. The van der Waals surface area contributed by atoms with E-state index in [1.165, 1.54) is 0 Å². The summed E-state index contributed by atoms with van der Waals surface area (Å²) in [7, 11) is 1.55. The van der Waals surface area contributed by atoms with Crippen LogP contribution in [0, 0.1) is 11.8 Å². The summed E-state index contributed by atoms with van der Waals surface area (Å²) in [5.41, 5.74) is 0.439. The van der Waals surface area contributed by atoms with Crippen LogP contribution in [0.3, 0.4) is 0 Å². The van der Waals surface area contributed by atoms with Gasteiger partial charge in [0.25, 0.3) is 5.91 Å². The molecule has 1 aromatic heterocycles. The minimum absolute atomic E-state index is 0.0117. The summed E-state index contributed by atoms with van der Waals surface area (Å²) >= 11 is 0. The predicted octanol–water partition coefficient (Wildman–Crippen LogP) is -0.157. The Morgan fingerprint density at radius 2 is 1.97 bits per heavy atom. The zero-order valence-corrected chi connectivity index (χ0v) is 18.5. The lowest BCUT2D eigenvalue weighted by Crippen LogP contribution is -2.46. The number of nitrogens with one attached hydrogen (secondary N) is 2. The van der Waals surface area contributed by atoms with Crippen LogP contribution >= 0.6 is 0 Å². The zero-order valence-electron chi connectivity index (χ0n) is 18.5. The summed E-state index contributed by atoms with van der Waals surface area (Å²) < 4.78 is 20.2. The summed E-state index contributed by atoms with van der Waals surface area (Å²) in [6, 6.07) is -0.893. The van der Waals surface area contributed by atoms with Gasteiger partial charge in [0, 0.05) is 44.1 Å². The largest absolute Gasteiger partial charge is 0.447 e. The van der Waals surface area contributed by atoms with Crippen molar-refractivity contribution in [2.75, 3.05) is 40.1 Å². The first-order valence-electron chi connectivity index (χ1n) is 10.5. The highest BCUT2D eigenvalue weighted by molar-refractivity contribution is 6.37. The molecule has 1 aliphatic heterocycles. The van der Waals surface area contributed by atoms with Gasteiger partial charge in [-0.2, -0.15) is 0 Å². The van der Waals surface area contributed by atoms with E-state index in [0.29, 0.717) is 31.1 Å². The maximum Gasteiger partial charge on any atom is 0.407 e. The third-order valence-electron chi connectivity index (χ3n) is 4.93. The molecule has 2 rings (SSSR count). The van der Waals surface area contributed by atoms with Gasteiger partial charge in [0.1, 0.15) is 12.3 Å². The molecule has 0 fully saturated rings. The van der Waals surface area contributed by atoms with Crippen molar-refractivity contribution in [3.63, 3.8) is 0 Å². The number of rotatable bonds is 11. The number of methoxy groups -OCH3 is 1. The smallest absolute Gasteiger partial charge is 0.407 e. The van der Waals surface area contributed by atoms with E-state index in [0.717, 1.165) is 0 Å². The highest BCUT2D eigenvalue weighted by Crippen LogP contribution is 2.20. The number of hydrogen-bond acceptors (Lipinski definition) is 10. The molecule has 2 atom stereocenters. The van der Waals surface area contributed by atoms with Gasteiger partial charge in [0.05, 0.1) is 25.9 Å². The fraction of sp³-hybridized carbons (Fsp3) is 0.700. The summed E-state index contributed by atoms with van der Waals surface area (Å²) in [4.78, 5) is 49.8. The summed E-state index contributed by atoms with van der Waals surface area (Å²) in [6.45, 7) is 4.73. The van der Waals surface area contributed by atoms with Crippen LogP contribution < -0.4 is 10.6 Å². The van der Waals surface area contributed by atoms with Crippen LogP contribution in [-0.2, 0) is 41.4 Å². The molecule has 0 aromatic carbocycles. The number of nitrogens with zero attached hydrogens (tertiary/aromatic N) is 2. The minimum Gasteiger partial charge on any atom is -0.447 e. The van der Waals surface area contributed by atoms with E-state index in [9.17, 15) is 19.2 Å². The summed E-state index contributed by atoms with van der Waals surface area (Å²) in [5.74, 6) is -2.61. The van der Waals surface area contributed by atoms with Gasteiger partial charge in [0.2, 0.25) is 5.78 Å². The first-order valence-corrected chi connectivity index (χ1v) is 10.5. The van der Waals surface area contributed by atoms with Crippen LogP contribution in [0.25, 0.3) is 0 Å². The van der Waals surface area contributed by atoms with Gasteiger partial charge in [0.15, 0.2) is 11.5 Å². The Kier molecular flexibility index (Phi) is 10.2. The van der Waals surface area contributed by atoms with Crippen molar-refractivity contribution in [3.8, 4) is 0 Å². The minimum atomic E-state index is -0.945. The van der Waals surface area contributed by atoms with Crippen LogP contribution in [-0.4, -0.2) is 80.1 Å². The monoisotopic (exact) mass is 454 g/mol. The molecular formula is C20H30N4O8. The molecule has 12 nitrogen and oxygen atoms in total.